The average Bonchev–Trinajstić information content (AvgIpc) is 2.73. The van der Waals surface area contributed by atoms with E-state index in [1.807, 2.05) is 12.3 Å². The summed E-state index contributed by atoms with van der Waals surface area (Å²) in [5.41, 5.74) is 2.04. The van der Waals surface area contributed by atoms with Gasteiger partial charge >= 0.3 is 5.69 Å². The third-order valence-corrected chi connectivity index (χ3v) is 6.17. The lowest BCUT2D eigenvalue weighted by molar-refractivity contribution is 0.337. The summed E-state index contributed by atoms with van der Waals surface area (Å²) in [4.78, 5) is 16.9. The zero-order chi connectivity index (χ0) is 18.2. The fourth-order valence-electron chi connectivity index (χ4n) is 4.63. The highest BCUT2D eigenvalue weighted by Gasteiger charge is 2.24. The second-order valence-electron chi connectivity index (χ2n) is 7.94. The van der Waals surface area contributed by atoms with Gasteiger partial charge in [0, 0.05) is 6.04 Å². The molecular weight excluding hydrogens is 340 g/mol. The Morgan fingerprint density at radius 2 is 1.85 bits per heavy atom. The maximum absolute atomic E-state index is 12.6. The molecule has 0 amide bonds. The van der Waals surface area contributed by atoms with Crippen LogP contribution < -0.4 is 21.1 Å². The maximum atomic E-state index is 12.6. The van der Waals surface area contributed by atoms with Crippen LogP contribution in [0.4, 0.5) is 11.5 Å². The van der Waals surface area contributed by atoms with Crippen molar-refractivity contribution < 1.29 is 4.74 Å². The van der Waals surface area contributed by atoms with Crippen LogP contribution in [-0.2, 0) is 0 Å². The SMILES string of the molecule is O=c1nc2c(cn1C1CCCCC1)Oc1ccc(C3CCNCC3)cc1N2. The van der Waals surface area contributed by atoms with E-state index in [1.54, 1.807) is 4.57 Å². The van der Waals surface area contributed by atoms with Crippen LogP contribution in [0, 0.1) is 0 Å². The summed E-state index contributed by atoms with van der Waals surface area (Å²) in [5.74, 6) is 2.55. The molecule has 1 saturated carbocycles. The molecule has 0 unspecified atom stereocenters. The molecule has 142 valence electrons. The van der Waals surface area contributed by atoms with E-state index < -0.39 is 0 Å². The van der Waals surface area contributed by atoms with Gasteiger partial charge in [-0.3, -0.25) is 4.57 Å². The van der Waals surface area contributed by atoms with Crippen LogP contribution in [0.15, 0.2) is 29.2 Å². The van der Waals surface area contributed by atoms with Crippen molar-refractivity contribution in [3.63, 3.8) is 0 Å². The number of nitrogens with zero attached hydrogens (tertiary/aromatic N) is 2. The van der Waals surface area contributed by atoms with Gasteiger partial charge in [0.1, 0.15) is 0 Å². The molecular formula is C21H26N4O2. The Hall–Kier alpha value is -2.34. The van der Waals surface area contributed by atoms with Crippen LogP contribution in [0.2, 0.25) is 0 Å². The summed E-state index contributed by atoms with van der Waals surface area (Å²) in [6, 6.07) is 6.62. The molecule has 1 aliphatic carbocycles. The normalized spacial score (nSPS) is 20.3. The summed E-state index contributed by atoms with van der Waals surface area (Å²) < 4.78 is 7.88. The van der Waals surface area contributed by atoms with Gasteiger partial charge in [-0.25, -0.2) is 4.79 Å². The third kappa shape index (κ3) is 3.23. The molecule has 0 atom stereocenters. The quantitative estimate of drug-likeness (QED) is 0.716. The fraction of sp³-hybridized carbons (Fsp3) is 0.524. The van der Waals surface area contributed by atoms with E-state index in [0.29, 0.717) is 17.5 Å². The monoisotopic (exact) mass is 366 g/mol. The standard InChI is InChI=1S/C21H26N4O2/c26-21-24-20-19(13-25(21)16-4-2-1-3-5-16)27-18-7-6-15(12-17(18)23-20)14-8-10-22-11-9-14/h6-7,12-14,16,22H,1-5,8-11H2,(H,23,24,26). The number of piperidine rings is 1. The summed E-state index contributed by atoms with van der Waals surface area (Å²) in [6.07, 6.45) is 9.85. The molecule has 5 rings (SSSR count). The van der Waals surface area contributed by atoms with Gasteiger partial charge in [-0.1, -0.05) is 25.3 Å². The molecule has 1 saturated heterocycles. The van der Waals surface area contributed by atoms with Crippen molar-refractivity contribution in [1.29, 1.82) is 0 Å². The highest BCUT2D eigenvalue weighted by Crippen LogP contribution is 2.42. The Bertz CT molecular complexity index is 896. The first-order valence-electron chi connectivity index (χ1n) is 10.2. The van der Waals surface area contributed by atoms with E-state index in [0.717, 1.165) is 50.2 Å². The molecule has 2 fully saturated rings. The smallest absolute Gasteiger partial charge is 0.350 e. The molecule has 0 spiro atoms. The molecule has 2 aromatic rings. The van der Waals surface area contributed by atoms with Gasteiger partial charge < -0.3 is 15.4 Å². The van der Waals surface area contributed by atoms with Crippen LogP contribution in [0.3, 0.4) is 0 Å². The number of hydrogen-bond acceptors (Lipinski definition) is 5. The number of ether oxygens (including phenoxy) is 1. The van der Waals surface area contributed by atoms with Gasteiger partial charge in [0.15, 0.2) is 17.3 Å². The number of anilines is 2. The lowest BCUT2D eigenvalue weighted by Gasteiger charge is -2.27. The first-order valence-corrected chi connectivity index (χ1v) is 10.2. The van der Waals surface area contributed by atoms with E-state index >= 15 is 0 Å². The Kier molecular flexibility index (Phi) is 4.36. The van der Waals surface area contributed by atoms with Crippen molar-refractivity contribution in [3.05, 3.63) is 40.4 Å². The Balaban J connectivity index is 1.43. The number of aromatic nitrogens is 2. The second-order valence-corrected chi connectivity index (χ2v) is 7.94. The van der Waals surface area contributed by atoms with Crippen molar-refractivity contribution in [2.75, 3.05) is 18.4 Å². The Morgan fingerprint density at radius 3 is 2.67 bits per heavy atom. The lowest BCUT2D eigenvalue weighted by Crippen LogP contribution is -2.29. The Morgan fingerprint density at radius 1 is 1.04 bits per heavy atom. The van der Waals surface area contributed by atoms with Crippen LogP contribution in [-0.4, -0.2) is 22.6 Å². The molecule has 3 aliphatic rings. The summed E-state index contributed by atoms with van der Waals surface area (Å²) in [6.45, 7) is 2.13. The number of benzene rings is 1. The minimum Gasteiger partial charge on any atom is -0.450 e. The number of fused-ring (bicyclic) bond motifs is 2. The highest BCUT2D eigenvalue weighted by molar-refractivity contribution is 5.73. The highest BCUT2D eigenvalue weighted by atomic mass is 16.5. The van der Waals surface area contributed by atoms with Crippen molar-refractivity contribution in [2.45, 2.75) is 56.9 Å². The molecule has 6 heteroatoms. The summed E-state index contributed by atoms with van der Waals surface area (Å²) >= 11 is 0. The van der Waals surface area contributed by atoms with E-state index in [2.05, 4.69) is 27.8 Å². The minimum absolute atomic E-state index is 0.185. The Labute approximate surface area is 159 Å². The summed E-state index contributed by atoms with van der Waals surface area (Å²) in [7, 11) is 0. The molecule has 6 nitrogen and oxygen atoms in total. The van der Waals surface area contributed by atoms with Gasteiger partial charge in [-0.05, 0) is 62.4 Å². The van der Waals surface area contributed by atoms with E-state index in [-0.39, 0.29) is 11.7 Å². The van der Waals surface area contributed by atoms with Crippen LogP contribution in [0.25, 0.3) is 0 Å². The zero-order valence-electron chi connectivity index (χ0n) is 15.5. The minimum atomic E-state index is -0.185. The van der Waals surface area contributed by atoms with Gasteiger partial charge in [0.05, 0.1) is 11.9 Å². The van der Waals surface area contributed by atoms with Crippen molar-refractivity contribution >= 4 is 11.5 Å². The average molecular weight is 366 g/mol. The maximum Gasteiger partial charge on any atom is 0.350 e. The number of nitrogens with one attached hydrogen (secondary N) is 2. The van der Waals surface area contributed by atoms with Crippen molar-refractivity contribution in [2.24, 2.45) is 0 Å². The summed E-state index contributed by atoms with van der Waals surface area (Å²) in [5, 5.41) is 6.74. The third-order valence-electron chi connectivity index (χ3n) is 6.17. The molecule has 27 heavy (non-hydrogen) atoms. The first-order chi connectivity index (χ1) is 13.3. The molecule has 3 heterocycles. The predicted octanol–water partition coefficient (Wildman–Crippen LogP) is 4.06. The molecule has 0 radical (unpaired) electrons. The van der Waals surface area contributed by atoms with Gasteiger partial charge in [0.25, 0.3) is 0 Å². The number of rotatable bonds is 2. The molecule has 2 aliphatic heterocycles. The van der Waals surface area contributed by atoms with Gasteiger partial charge in [-0.2, -0.15) is 4.98 Å². The van der Waals surface area contributed by atoms with Gasteiger partial charge in [0.2, 0.25) is 0 Å². The van der Waals surface area contributed by atoms with E-state index in [4.69, 9.17) is 4.74 Å². The number of hydrogen-bond donors (Lipinski definition) is 2. The lowest BCUT2D eigenvalue weighted by atomic mass is 9.90. The molecule has 2 N–H and O–H groups in total. The second kappa shape index (κ2) is 7.00. The largest absolute Gasteiger partial charge is 0.450 e. The van der Waals surface area contributed by atoms with E-state index in [1.165, 1.54) is 24.8 Å². The topological polar surface area (TPSA) is 68.2 Å². The van der Waals surface area contributed by atoms with Gasteiger partial charge in [-0.15, -0.1) is 0 Å². The fourth-order valence-corrected chi connectivity index (χ4v) is 4.63. The van der Waals surface area contributed by atoms with E-state index in [9.17, 15) is 4.79 Å². The van der Waals surface area contributed by atoms with Crippen LogP contribution in [0.5, 0.6) is 11.5 Å². The zero-order valence-corrected chi connectivity index (χ0v) is 15.5. The van der Waals surface area contributed by atoms with Crippen molar-refractivity contribution in [1.82, 2.24) is 14.9 Å². The first kappa shape index (κ1) is 16.8. The molecule has 1 aromatic heterocycles. The van der Waals surface area contributed by atoms with Crippen molar-refractivity contribution in [3.8, 4) is 11.5 Å². The van der Waals surface area contributed by atoms with Crippen LogP contribution >= 0.6 is 0 Å². The predicted molar refractivity (Wildman–Crippen MR) is 105 cm³/mol. The molecule has 1 aromatic carbocycles. The van der Waals surface area contributed by atoms with Crippen LogP contribution in [0.1, 0.15) is 62.5 Å². The molecule has 0 bridgehead atoms.